The Bertz CT molecular complexity index is 939. The highest BCUT2D eigenvalue weighted by Gasteiger charge is 2.17. The fraction of sp³-hybridized carbons (Fsp3) is 0.222. The van der Waals surface area contributed by atoms with Crippen molar-refractivity contribution < 1.29 is 0 Å². The third-order valence-corrected chi connectivity index (χ3v) is 5.00. The molecule has 0 amide bonds. The molecule has 0 saturated heterocycles. The number of rotatable bonds is 4. The zero-order valence-electron chi connectivity index (χ0n) is 13.4. The Morgan fingerprint density at radius 2 is 1.92 bits per heavy atom. The lowest BCUT2D eigenvalue weighted by atomic mass is 10.1. The van der Waals surface area contributed by atoms with Crippen LogP contribution in [0.2, 0.25) is 10.0 Å². The van der Waals surface area contributed by atoms with Crippen LogP contribution in [0, 0.1) is 0 Å². The van der Waals surface area contributed by atoms with E-state index in [0.717, 1.165) is 5.56 Å². The van der Waals surface area contributed by atoms with Gasteiger partial charge in [-0.25, -0.2) is 4.98 Å². The van der Waals surface area contributed by atoms with E-state index < -0.39 is 0 Å². The Kier molecular flexibility index (Phi) is 4.90. The van der Waals surface area contributed by atoms with Gasteiger partial charge in [-0.3, -0.25) is 9.69 Å². The molecular weight excluding hydrogens is 345 g/mol. The lowest BCUT2D eigenvalue weighted by Gasteiger charge is -2.24. The van der Waals surface area contributed by atoms with E-state index in [0.29, 0.717) is 33.3 Å². The fourth-order valence-corrected chi connectivity index (χ4v) is 2.97. The van der Waals surface area contributed by atoms with Gasteiger partial charge in [-0.2, -0.15) is 0 Å². The predicted octanol–water partition coefficient (Wildman–Crippen LogP) is 4.42. The lowest BCUT2D eigenvalue weighted by molar-refractivity contribution is 0.244. The van der Waals surface area contributed by atoms with Crippen molar-refractivity contribution in [3.05, 3.63) is 74.3 Å². The van der Waals surface area contributed by atoms with Crippen molar-refractivity contribution in [2.45, 2.75) is 19.5 Å². The Morgan fingerprint density at radius 1 is 1.17 bits per heavy atom. The highest BCUT2D eigenvalue weighted by Crippen LogP contribution is 2.28. The summed E-state index contributed by atoms with van der Waals surface area (Å²) in [6.07, 6.45) is 0. The van der Waals surface area contributed by atoms with Gasteiger partial charge in [0, 0.05) is 6.54 Å². The van der Waals surface area contributed by atoms with Gasteiger partial charge < -0.3 is 4.98 Å². The molecule has 0 spiro atoms. The normalized spacial score (nSPS) is 12.7. The summed E-state index contributed by atoms with van der Waals surface area (Å²) in [6.45, 7) is 2.59. The van der Waals surface area contributed by atoms with Crippen molar-refractivity contribution in [2.24, 2.45) is 0 Å². The Hall–Kier alpha value is -1.88. The molecule has 3 aromatic rings. The van der Waals surface area contributed by atoms with Crippen LogP contribution in [-0.4, -0.2) is 21.9 Å². The number of fused-ring (bicyclic) bond motifs is 1. The van der Waals surface area contributed by atoms with Crippen molar-refractivity contribution in [3.63, 3.8) is 0 Å². The van der Waals surface area contributed by atoms with Gasteiger partial charge in [0.05, 0.1) is 27.0 Å². The summed E-state index contributed by atoms with van der Waals surface area (Å²) in [5, 5.41) is 1.68. The molecule has 2 aromatic carbocycles. The molecule has 24 heavy (non-hydrogen) atoms. The Balaban J connectivity index is 1.89. The van der Waals surface area contributed by atoms with E-state index in [4.69, 9.17) is 23.2 Å². The number of hydrogen-bond donors (Lipinski definition) is 1. The average Bonchev–Trinajstić information content (AvgIpc) is 2.58. The number of hydrogen-bond acceptors (Lipinski definition) is 3. The molecule has 0 aliphatic rings. The quantitative estimate of drug-likeness (QED) is 0.747. The fourth-order valence-electron chi connectivity index (χ4n) is 2.59. The summed E-state index contributed by atoms with van der Waals surface area (Å²) < 4.78 is 0. The van der Waals surface area contributed by atoms with E-state index in [1.807, 2.05) is 44.3 Å². The Morgan fingerprint density at radius 3 is 2.71 bits per heavy atom. The van der Waals surface area contributed by atoms with Crippen molar-refractivity contribution >= 4 is 34.1 Å². The van der Waals surface area contributed by atoms with Crippen molar-refractivity contribution in [1.82, 2.24) is 14.9 Å². The topological polar surface area (TPSA) is 49.0 Å². The highest BCUT2D eigenvalue weighted by atomic mass is 35.5. The van der Waals surface area contributed by atoms with E-state index >= 15 is 0 Å². The zero-order valence-corrected chi connectivity index (χ0v) is 14.9. The van der Waals surface area contributed by atoms with Crippen molar-refractivity contribution in [1.29, 1.82) is 0 Å². The number of H-pyrrole nitrogens is 1. The standard InChI is InChI=1S/C18H17Cl2N3O/c1-11(23(2)10-12-6-5-8-14(19)16(12)20)17-21-15-9-4-3-7-13(15)18(24)22-17/h3-9,11H,10H2,1-2H3,(H,21,22,24)/t11-/m0/s1. The molecule has 1 heterocycles. The molecule has 0 radical (unpaired) electrons. The molecule has 0 bridgehead atoms. The minimum Gasteiger partial charge on any atom is -0.309 e. The van der Waals surface area contributed by atoms with E-state index in [2.05, 4.69) is 14.9 Å². The molecular formula is C18H17Cl2N3O. The van der Waals surface area contributed by atoms with E-state index in [1.54, 1.807) is 12.1 Å². The van der Waals surface area contributed by atoms with Crippen LogP contribution in [0.5, 0.6) is 0 Å². The number of nitrogens with zero attached hydrogens (tertiary/aromatic N) is 2. The van der Waals surface area contributed by atoms with Crippen LogP contribution in [0.15, 0.2) is 47.3 Å². The van der Waals surface area contributed by atoms with Crippen LogP contribution < -0.4 is 5.56 Å². The minimum atomic E-state index is -0.128. The molecule has 0 aliphatic carbocycles. The first-order chi connectivity index (χ1) is 11.5. The molecule has 0 saturated carbocycles. The van der Waals surface area contributed by atoms with Crippen LogP contribution in [0.3, 0.4) is 0 Å². The number of para-hydroxylation sites is 1. The second-order valence-electron chi connectivity index (χ2n) is 5.77. The number of halogens is 2. The summed E-state index contributed by atoms with van der Waals surface area (Å²) in [4.78, 5) is 21.7. The largest absolute Gasteiger partial charge is 0.309 e. The number of aromatic nitrogens is 2. The maximum Gasteiger partial charge on any atom is 0.258 e. The Labute approximate surface area is 150 Å². The molecule has 4 nitrogen and oxygen atoms in total. The monoisotopic (exact) mass is 361 g/mol. The first kappa shape index (κ1) is 17.0. The number of nitrogens with one attached hydrogen (secondary N) is 1. The van der Waals surface area contributed by atoms with Gasteiger partial charge in [0.1, 0.15) is 5.82 Å². The predicted molar refractivity (Wildman–Crippen MR) is 98.7 cm³/mol. The van der Waals surface area contributed by atoms with Crippen LogP contribution in [0.1, 0.15) is 24.4 Å². The summed E-state index contributed by atoms with van der Waals surface area (Å²) in [5.74, 6) is 0.624. The van der Waals surface area contributed by atoms with Gasteiger partial charge in [-0.15, -0.1) is 0 Å². The second-order valence-corrected chi connectivity index (χ2v) is 6.56. The third kappa shape index (κ3) is 3.31. The van der Waals surface area contributed by atoms with Gasteiger partial charge in [-0.05, 0) is 37.7 Å². The van der Waals surface area contributed by atoms with E-state index in [9.17, 15) is 4.79 Å². The highest BCUT2D eigenvalue weighted by molar-refractivity contribution is 6.42. The van der Waals surface area contributed by atoms with Gasteiger partial charge in [0.25, 0.3) is 5.56 Å². The molecule has 3 rings (SSSR count). The van der Waals surface area contributed by atoms with Crippen molar-refractivity contribution in [2.75, 3.05) is 7.05 Å². The molecule has 124 valence electrons. The van der Waals surface area contributed by atoms with Crippen LogP contribution in [0.4, 0.5) is 0 Å². The first-order valence-corrected chi connectivity index (χ1v) is 8.35. The van der Waals surface area contributed by atoms with E-state index in [1.165, 1.54) is 0 Å². The number of aromatic amines is 1. The van der Waals surface area contributed by atoms with Crippen LogP contribution in [0.25, 0.3) is 10.9 Å². The summed E-state index contributed by atoms with van der Waals surface area (Å²) >= 11 is 12.3. The van der Waals surface area contributed by atoms with Crippen LogP contribution in [-0.2, 0) is 6.54 Å². The summed E-state index contributed by atoms with van der Waals surface area (Å²) in [6, 6.07) is 12.8. The van der Waals surface area contributed by atoms with Crippen molar-refractivity contribution in [3.8, 4) is 0 Å². The second kappa shape index (κ2) is 6.93. The molecule has 1 atom stereocenters. The molecule has 0 aliphatic heterocycles. The zero-order chi connectivity index (χ0) is 17.3. The number of benzene rings is 2. The van der Waals surface area contributed by atoms with E-state index in [-0.39, 0.29) is 11.6 Å². The maximum absolute atomic E-state index is 12.2. The minimum absolute atomic E-state index is 0.0858. The average molecular weight is 362 g/mol. The SMILES string of the molecule is C[C@@H](c1nc2ccccc2c(=O)[nH]1)N(C)Cc1cccc(Cl)c1Cl. The molecule has 1 N–H and O–H groups in total. The van der Waals surface area contributed by atoms with Gasteiger partial charge >= 0.3 is 0 Å². The first-order valence-electron chi connectivity index (χ1n) is 7.59. The van der Waals surface area contributed by atoms with Gasteiger partial charge in [-0.1, -0.05) is 47.5 Å². The maximum atomic E-state index is 12.2. The summed E-state index contributed by atoms with van der Waals surface area (Å²) in [5.41, 5.74) is 1.50. The third-order valence-electron chi connectivity index (χ3n) is 4.14. The lowest BCUT2D eigenvalue weighted by Crippen LogP contribution is -2.26. The van der Waals surface area contributed by atoms with Gasteiger partial charge in [0.15, 0.2) is 0 Å². The molecule has 6 heteroatoms. The molecule has 1 aromatic heterocycles. The molecule has 0 unspecified atom stereocenters. The van der Waals surface area contributed by atoms with Gasteiger partial charge in [0.2, 0.25) is 0 Å². The summed E-state index contributed by atoms with van der Waals surface area (Å²) in [7, 11) is 1.96. The molecule has 0 fully saturated rings. The van der Waals surface area contributed by atoms with Crippen LogP contribution >= 0.6 is 23.2 Å². The smallest absolute Gasteiger partial charge is 0.258 e.